The molecule has 0 radical (unpaired) electrons. The first-order chi connectivity index (χ1) is 10.1. The summed E-state index contributed by atoms with van der Waals surface area (Å²) in [6.45, 7) is 3.65. The summed E-state index contributed by atoms with van der Waals surface area (Å²) in [6.07, 6.45) is 1.02. The molecule has 21 heavy (non-hydrogen) atoms. The highest BCUT2D eigenvalue weighted by Crippen LogP contribution is 2.22. The smallest absolute Gasteiger partial charge is 0.321 e. The molecule has 2 rings (SSSR count). The van der Waals surface area contributed by atoms with Gasteiger partial charge in [0.25, 0.3) is 0 Å². The molecule has 1 aliphatic heterocycles. The van der Waals surface area contributed by atoms with Crippen molar-refractivity contribution in [2.24, 2.45) is 0 Å². The number of carbonyl (C=O) groups excluding carboxylic acids is 1. The number of hydrogen-bond donors (Lipinski definition) is 2. The van der Waals surface area contributed by atoms with Gasteiger partial charge < -0.3 is 15.3 Å². The Morgan fingerprint density at radius 3 is 3.00 bits per heavy atom. The SMILES string of the molecule is CCC1CN(C(=O)Nc2cccc(CC(=O)O)c2)CCS1. The summed E-state index contributed by atoms with van der Waals surface area (Å²) in [5.74, 6) is 0.0858. The molecule has 114 valence electrons. The van der Waals surface area contributed by atoms with Crippen molar-refractivity contribution < 1.29 is 14.7 Å². The second-order valence-corrected chi connectivity index (χ2v) is 6.46. The van der Waals surface area contributed by atoms with E-state index in [0.29, 0.717) is 16.5 Å². The summed E-state index contributed by atoms with van der Waals surface area (Å²) in [5, 5.41) is 12.2. The van der Waals surface area contributed by atoms with Crippen molar-refractivity contribution in [1.29, 1.82) is 0 Å². The molecule has 1 unspecified atom stereocenters. The summed E-state index contributed by atoms with van der Waals surface area (Å²) in [4.78, 5) is 24.8. The topological polar surface area (TPSA) is 69.6 Å². The number of nitrogens with zero attached hydrogens (tertiary/aromatic N) is 1. The molecule has 0 saturated carbocycles. The second-order valence-electron chi connectivity index (χ2n) is 5.05. The molecule has 1 fully saturated rings. The number of benzene rings is 1. The van der Waals surface area contributed by atoms with E-state index in [-0.39, 0.29) is 12.5 Å². The molecular weight excluding hydrogens is 288 g/mol. The van der Waals surface area contributed by atoms with Crippen molar-refractivity contribution in [2.75, 3.05) is 24.2 Å². The minimum absolute atomic E-state index is 0.0397. The number of carboxylic acid groups (broad SMARTS) is 1. The Hall–Kier alpha value is -1.69. The number of urea groups is 1. The van der Waals surface area contributed by atoms with Gasteiger partial charge in [-0.2, -0.15) is 11.8 Å². The summed E-state index contributed by atoms with van der Waals surface area (Å²) in [6, 6.07) is 6.88. The van der Waals surface area contributed by atoms with E-state index in [1.165, 1.54) is 0 Å². The maximum Gasteiger partial charge on any atom is 0.321 e. The van der Waals surface area contributed by atoms with Gasteiger partial charge in [-0.05, 0) is 24.1 Å². The molecule has 1 heterocycles. The summed E-state index contributed by atoms with van der Waals surface area (Å²) in [5.41, 5.74) is 1.32. The third-order valence-electron chi connectivity index (χ3n) is 3.41. The third kappa shape index (κ3) is 4.67. The van der Waals surface area contributed by atoms with Gasteiger partial charge in [0, 0.05) is 29.8 Å². The lowest BCUT2D eigenvalue weighted by molar-refractivity contribution is -0.136. The van der Waals surface area contributed by atoms with Gasteiger partial charge in [-0.15, -0.1) is 0 Å². The highest BCUT2D eigenvalue weighted by atomic mass is 32.2. The molecule has 1 aromatic rings. The van der Waals surface area contributed by atoms with Crippen molar-refractivity contribution in [3.8, 4) is 0 Å². The molecular formula is C15H20N2O3S. The lowest BCUT2D eigenvalue weighted by atomic mass is 10.1. The average Bonchev–Trinajstić information content (AvgIpc) is 2.47. The number of aliphatic carboxylic acids is 1. The minimum atomic E-state index is -0.877. The van der Waals surface area contributed by atoms with Crippen molar-refractivity contribution in [3.63, 3.8) is 0 Å². The van der Waals surface area contributed by atoms with Crippen LogP contribution in [-0.4, -0.2) is 46.1 Å². The molecule has 0 aliphatic carbocycles. The molecule has 0 aromatic heterocycles. The largest absolute Gasteiger partial charge is 0.481 e. The van der Waals surface area contributed by atoms with E-state index in [4.69, 9.17) is 5.11 Å². The van der Waals surface area contributed by atoms with Crippen LogP contribution >= 0.6 is 11.8 Å². The van der Waals surface area contributed by atoms with E-state index >= 15 is 0 Å². The first-order valence-electron chi connectivity index (χ1n) is 7.06. The van der Waals surface area contributed by atoms with Gasteiger partial charge in [-0.1, -0.05) is 19.1 Å². The first-order valence-corrected chi connectivity index (χ1v) is 8.11. The number of thioether (sulfide) groups is 1. The average molecular weight is 308 g/mol. The number of carbonyl (C=O) groups is 2. The zero-order chi connectivity index (χ0) is 15.2. The monoisotopic (exact) mass is 308 g/mol. The van der Waals surface area contributed by atoms with Gasteiger partial charge in [-0.3, -0.25) is 4.79 Å². The molecule has 6 heteroatoms. The molecule has 1 saturated heterocycles. The van der Waals surface area contributed by atoms with Gasteiger partial charge in [0.15, 0.2) is 0 Å². The predicted molar refractivity (Wildman–Crippen MR) is 84.9 cm³/mol. The predicted octanol–water partition coefficient (Wildman–Crippen LogP) is 2.67. The van der Waals surface area contributed by atoms with E-state index < -0.39 is 5.97 Å². The van der Waals surface area contributed by atoms with E-state index in [9.17, 15) is 9.59 Å². The summed E-state index contributed by atoms with van der Waals surface area (Å²) < 4.78 is 0. The standard InChI is InChI=1S/C15H20N2O3S/c1-2-13-10-17(6-7-21-13)15(20)16-12-5-3-4-11(8-12)9-14(18)19/h3-5,8,13H,2,6-7,9-10H2,1H3,(H,16,20)(H,18,19). The quantitative estimate of drug-likeness (QED) is 0.897. The van der Waals surface area contributed by atoms with Crippen LogP contribution in [0, 0.1) is 0 Å². The molecule has 2 amide bonds. The Bertz CT molecular complexity index is 521. The highest BCUT2D eigenvalue weighted by molar-refractivity contribution is 8.00. The van der Waals surface area contributed by atoms with Crippen LogP contribution in [-0.2, 0) is 11.2 Å². The van der Waals surface area contributed by atoms with Gasteiger partial charge in [-0.25, -0.2) is 4.79 Å². The number of rotatable bonds is 4. The Morgan fingerprint density at radius 1 is 1.48 bits per heavy atom. The van der Waals surface area contributed by atoms with Crippen LogP contribution in [0.15, 0.2) is 24.3 Å². The number of hydrogen-bond acceptors (Lipinski definition) is 3. The van der Waals surface area contributed by atoms with Crippen molar-refractivity contribution >= 4 is 29.4 Å². The van der Waals surface area contributed by atoms with Crippen LogP contribution in [0.5, 0.6) is 0 Å². The lowest BCUT2D eigenvalue weighted by Gasteiger charge is -2.31. The van der Waals surface area contributed by atoms with Crippen LogP contribution in [0.4, 0.5) is 10.5 Å². The molecule has 1 aromatic carbocycles. The van der Waals surface area contributed by atoms with Crippen LogP contribution < -0.4 is 5.32 Å². The fourth-order valence-corrected chi connectivity index (χ4v) is 3.47. The van der Waals surface area contributed by atoms with E-state index in [0.717, 1.165) is 25.3 Å². The van der Waals surface area contributed by atoms with Crippen LogP contribution in [0.2, 0.25) is 0 Å². The van der Waals surface area contributed by atoms with Gasteiger partial charge in [0.1, 0.15) is 0 Å². The lowest BCUT2D eigenvalue weighted by Crippen LogP contribution is -2.43. The van der Waals surface area contributed by atoms with Gasteiger partial charge in [0.05, 0.1) is 6.42 Å². The van der Waals surface area contributed by atoms with Crippen molar-refractivity contribution in [2.45, 2.75) is 25.0 Å². The molecule has 1 atom stereocenters. The molecule has 0 bridgehead atoms. The van der Waals surface area contributed by atoms with E-state index in [1.807, 2.05) is 16.7 Å². The summed E-state index contributed by atoms with van der Waals surface area (Å²) >= 11 is 1.91. The van der Waals surface area contributed by atoms with Crippen LogP contribution in [0.25, 0.3) is 0 Å². The van der Waals surface area contributed by atoms with Crippen LogP contribution in [0.3, 0.4) is 0 Å². The fraction of sp³-hybridized carbons (Fsp3) is 0.467. The number of carboxylic acids is 1. The van der Waals surface area contributed by atoms with E-state index in [1.54, 1.807) is 24.3 Å². The molecule has 1 aliphatic rings. The normalized spacial score (nSPS) is 18.3. The highest BCUT2D eigenvalue weighted by Gasteiger charge is 2.22. The second kappa shape index (κ2) is 7.36. The summed E-state index contributed by atoms with van der Waals surface area (Å²) in [7, 11) is 0. The first kappa shape index (κ1) is 15.7. The third-order valence-corrected chi connectivity index (χ3v) is 4.79. The fourth-order valence-electron chi connectivity index (χ4n) is 2.29. The zero-order valence-corrected chi connectivity index (χ0v) is 12.9. The van der Waals surface area contributed by atoms with E-state index in [2.05, 4.69) is 12.2 Å². The number of amides is 2. The number of nitrogens with one attached hydrogen (secondary N) is 1. The van der Waals surface area contributed by atoms with Crippen molar-refractivity contribution in [3.05, 3.63) is 29.8 Å². The minimum Gasteiger partial charge on any atom is -0.481 e. The Balaban J connectivity index is 1.97. The van der Waals surface area contributed by atoms with Crippen LogP contribution in [0.1, 0.15) is 18.9 Å². The molecule has 0 spiro atoms. The Kier molecular flexibility index (Phi) is 5.50. The Labute approximate surface area is 128 Å². The maximum atomic E-state index is 12.3. The zero-order valence-electron chi connectivity index (χ0n) is 12.0. The van der Waals surface area contributed by atoms with Gasteiger partial charge >= 0.3 is 12.0 Å². The molecule has 5 nitrogen and oxygen atoms in total. The number of anilines is 1. The Morgan fingerprint density at radius 2 is 2.29 bits per heavy atom. The van der Waals surface area contributed by atoms with Crippen molar-refractivity contribution in [1.82, 2.24) is 4.90 Å². The molecule has 2 N–H and O–H groups in total. The maximum absolute atomic E-state index is 12.3. The van der Waals surface area contributed by atoms with Gasteiger partial charge in [0.2, 0.25) is 0 Å².